The summed E-state index contributed by atoms with van der Waals surface area (Å²) in [4.78, 5) is 38.3. The number of carbonyl (C=O) groups is 3. The summed E-state index contributed by atoms with van der Waals surface area (Å²) in [6, 6.07) is 0. The van der Waals surface area contributed by atoms with Gasteiger partial charge in [-0.2, -0.15) is 0 Å². The normalized spacial score (nSPS) is 12.5. The summed E-state index contributed by atoms with van der Waals surface area (Å²) in [7, 11) is 0. The second-order valence-electron chi connectivity index (χ2n) is 24.1. The molecule has 0 aromatic heterocycles. The monoisotopic (exact) mass is 1150 g/mol. The lowest BCUT2D eigenvalue weighted by atomic mass is 10.0. The first kappa shape index (κ1) is 78.8. The highest BCUT2D eigenvalue weighted by Crippen LogP contribution is 2.19. The Kier molecular flexibility index (Phi) is 67.6. The summed E-state index contributed by atoms with van der Waals surface area (Å²) < 4.78 is 16.9. The smallest absolute Gasteiger partial charge is 0.306 e. The molecule has 0 aliphatic rings. The standard InChI is InChI=1S/C76H136O6/c1-4-7-10-13-16-19-22-24-26-28-30-32-33-34-35-36-37-38-39-40-41-42-43-45-46-48-50-52-54-57-60-63-66-69-75(78)81-72-73(71-80-74(77)68-65-62-59-56-21-18-15-12-9-6-3)82-76(79)70-67-64-61-58-55-53-51-49-47-44-31-29-27-25-23-20-17-14-11-8-5-2/h8,11-12,15,17,20,25,27,31,44,49,51,73H,4-7,9-10,13-14,16,18-19,21-24,26,28-30,32-43,45-48,50,52-72H2,1-3H3/b11-8-,15-12-,20-17-,27-25-,44-31-,51-49-. The number of esters is 3. The molecule has 476 valence electrons. The Bertz CT molecular complexity index is 1500. The van der Waals surface area contributed by atoms with E-state index in [4.69, 9.17) is 14.2 Å². The molecule has 0 radical (unpaired) electrons. The lowest BCUT2D eigenvalue weighted by Gasteiger charge is -2.18. The lowest BCUT2D eigenvalue weighted by molar-refractivity contribution is -0.167. The number of hydrogen-bond donors (Lipinski definition) is 0. The number of carbonyl (C=O) groups excluding carboxylic acids is 3. The van der Waals surface area contributed by atoms with E-state index in [2.05, 4.69) is 93.7 Å². The number of hydrogen-bond acceptors (Lipinski definition) is 6. The SMILES string of the molecule is CC/C=C\C/C=C\C/C=C\C/C=C\C/C=C\CCCCCCCC(=O)OC(COC(=O)CCCCCCC/C=C\CCC)COC(=O)CCCCCCCCCCCCCCCCCCCCCCCCCCCCCCCCCCC. The molecule has 1 unspecified atom stereocenters. The molecule has 1 atom stereocenters. The zero-order valence-electron chi connectivity index (χ0n) is 54.8. The first-order chi connectivity index (χ1) is 40.5. The molecule has 6 heteroatoms. The van der Waals surface area contributed by atoms with Gasteiger partial charge in [0.1, 0.15) is 13.2 Å². The van der Waals surface area contributed by atoms with Crippen molar-refractivity contribution in [2.24, 2.45) is 0 Å². The van der Waals surface area contributed by atoms with Crippen LogP contribution in [-0.2, 0) is 28.6 Å². The van der Waals surface area contributed by atoms with Gasteiger partial charge in [0.25, 0.3) is 0 Å². The van der Waals surface area contributed by atoms with Crippen molar-refractivity contribution in [3.8, 4) is 0 Å². The topological polar surface area (TPSA) is 78.9 Å². The van der Waals surface area contributed by atoms with Crippen molar-refractivity contribution < 1.29 is 28.6 Å². The maximum atomic E-state index is 12.9. The molecule has 0 amide bonds. The third-order valence-electron chi connectivity index (χ3n) is 15.9. The van der Waals surface area contributed by atoms with Gasteiger partial charge in [0.05, 0.1) is 0 Å². The van der Waals surface area contributed by atoms with E-state index in [1.54, 1.807) is 0 Å². The van der Waals surface area contributed by atoms with E-state index in [1.165, 1.54) is 212 Å². The quantitative estimate of drug-likeness (QED) is 0.0261. The second-order valence-corrected chi connectivity index (χ2v) is 24.1. The summed E-state index contributed by atoms with van der Waals surface area (Å²) >= 11 is 0. The van der Waals surface area contributed by atoms with Gasteiger partial charge >= 0.3 is 17.9 Å². The van der Waals surface area contributed by atoms with Crippen molar-refractivity contribution in [1.82, 2.24) is 0 Å². The van der Waals surface area contributed by atoms with Crippen molar-refractivity contribution >= 4 is 17.9 Å². The predicted molar refractivity (Wildman–Crippen MR) is 358 cm³/mol. The first-order valence-corrected chi connectivity index (χ1v) is 35.9. The van der Waals surface area contributed by atoms with Crippen molar-refractivity contribution in [1.29, 1.82) is 0 Å². The molecule has 0 aromatic rings. The molecule has 0 N–H and O–H groups in total. The van der Waals surface area contributed by atoms with Crippen LogP contribution in [0.4, 0.5) is 0 Å². The Labute approximate surface area is 510 Å². The van der Waals surface area contributed by atoms with Crippen LogP contribution in [0.5, 0.6) is 0 Å². The van der Waals surface area contributed by atoms with E-state index in [0.717, 1.165) is 122 Å². The molecule has 0 aliphatic carbocycles. The maximum absolute atomic E-state index is 12.9. The Balaban J connectivity index is 4.10. The largest absolute Gasteiger partial charge is 0.462 e. The van der Waals surface area contributed by atoms with Crippen LogP contribution in [0.15, 0.2) is 72.9 Å². The van der Waals surface area contributed by atoms with E-state index in [1.807, 2.05) is 0 Å². The predicted octanol–water partition coefficient (Wildman–Crippen LogP) is 24.8. The summed E-state index contributed by atoms with van der Waals surface area (Å²) in [5, 5.41) is 0. The van der Waals surface area contributed by atoms with Crippen LogP contribution in [0.25, 0.3) is 0 Å². The molecule has 0 aromatic carbocycles. The van der Waals surface area contributed by atoms with Crippen LogP contribution in [-0.4, -0.2) is 37.2 Å². The lowest BCUT2D eigenvalue weighted by Crippen LogP contribution is -2.30. The number of ether oxygens (including phenoxy) is 3. The molecule has 0 spiro atoms. The van der Waals surface area contributed by atoms with Crippen LogP contribution < -0.4 is 0 Å². The molecule has 82 heavy (non-hydrogen) atoms. The molecular weight excluding hydrogens is 1010 g/mol. The minimum Gasteiger partial charge on any atom is -0.462 e. The van der Waals surface area contributed by atoms with Gasteiger partial charge in [0, 0.05) is 19.3 Å². The van der Waals surface area contributed by atoms with Crippen LogP contribution in [0.2, 0.25) is 0 Å². The number of rotatable bonds is 66. The average Bonchev–Trinajstić information content (AvgIpc) is 3.47. The summed E-state index contributed by atoms with van der Waals surface area (Å²) in [5.74, 6) is -0.897. The first-order valence-electron chi connectivity index (χ1n) is 35.9. The highest BCUT2D eigenvalue weighted by atomic mass is 16.6. The Morgan fingerprint density at radius 3 is 0.805 bits per heavy atom. The maximum Gasteiger partial charge on any atom is 0.306 e. The van der Waals surface area contributed by atoms with Gasteiger partial charge in [0.2, 0.25) is 0 Å². The Morgan fingerprint density at radius 1 is 0.256 bits per heavy atom. The molecule has 0 saturated carbocycles. The molecule has 0 saturated heterocycles. The third-order valence-corrected chi connectivity index (χ3v) is 15.9. The van der Waals surface area contributed by atoms with E-state index >= 15 is 0 Å². The Morgan fingerprint density at radius 2 is 0.500 bits per heavy atom. The zero-order chi connectivity index (χ0) is 59.2. The molecule has 0 aliphatic heterocycles. The minimum atomic E-state index is -0.789. The van der Waals surface area contributed by atoms with Crippen molar-refractivity contribution in [3.05, 3.63) is 72.9 Å². The average molecular weight is 1150 g/mol. The summed E-state index contributed by atoms with van der Waals surface area (Å²) in [6.45, 7) is 6.49. The van der Waals surface area contributed by atoms with Crippen LogP contribution in [0, 0.1) is 0 Å². The number of allylic oxidation sites excluding steroid dienone is 12. The molecule has 6 nitrogen and oxygen atoms in total. The Hall–Kier alpha value is -3.15. The van der Waals surface area contributed by atoms with Gasteiger partial charge < -0.3 is 14.2 Å². The molecule has 0 rings (SSSR count). The van der Waals surface area contributed by atoms with Crippen LogP contribution in [0.1, 0.15) is 374 Å². The van der Waals surface area contributed by atoms with Gasteiger partial charge in [-0.15, -0.1) is 0 Å². The van der Waals surface area contributed by atoms with Crippen LogP contribution >= 0.6 is 0 Å². The van der Waals surface area contributed by atoms with E-state index in [-0.39, 0.29) is 31.1 Å². The summed E-state index contributed by atoms with van der Waals surface area (Å²) in [6.07, 6.45) is 92.5. The third kappa shape index (κ3) is 67.6. The fourth-order valence-electron chi connectivity index (χ4n) is 10.6. The molecular formula is C76H136O6. The van der Waals surface area contributed by atoms with Gasteiger partial charge in [0.15, 0.2) is 6.10 Å². The molecule has 0 fully saturated rings. The second kappa shape index (κ2) is 70.3. The van der Waals surface area contributed by atoms with Gasteiger partial charge in [-0.25, -0.2) is 0 Å². The van der Waals surface area contributed by atoms with E-state index < -0.39 is 6.10 Å². The highest BCUT2D eigenvalue weighted by Gasteiger charge is 2.19. The van der Waals surface area contributed by atoms with Gasteiger partial charge in [-0.3, -0.25) is 14.4 Å². The van der Waals surface area contributed by atoms with E-state index in [0.29, 0.717) is 19.3 Å². The fourth-order valence-corrected chi connectivity index (χ4v) is 10.6. The van der Waals surface area contributed by atoms with E-state index in [9.17, 15) is 14.4 Å². The number of unbranched alkanes of at least 4 members (excludes halogenated alkanes) is 43. The van der Waals surface area contributed by atoms with Gasteiger partial charge in [-0.05, 0) is 83.5 Å². The summed E-state index contributed by atoms with van der Waals surface area (Å²) in [5.41, 5.74) is 0. The van der Waals surface area contributed by atoms with Crippen molar-refractivity contribution in [3.63, 3.8) is 0 Å². The van der Waals surface area contributed by atoms with Crippen molar-refractivity contribution in [2.75, 3.05) is 13.2 Å². The minimum absolute atomic E-state index is 0.0833. The fraction of sp³-hybridized carbons (Fsp3) is 0.803. The zero-order valence-corrected chi connectivity index (χ0v) is 54.8. The molecule has 0 bridgehead atoms. The highest BCUT2D eigenvalue weighted by molar-refractivity contribution is 5.71. The molecule has 0 heterocycles. The van der Waals surface area contributed by atoms with Gasteiger partial charge in [-0.1, -0.05) is 344 Å². The van der Waals surface area contributed by atoms with Crippen LogP contribution in [0.3, 0.4) is 0 Å². The van der Waals surface area contributed by atoms with Crippen molar-refractivity contribution in [2.45, 2.75) is 380 Å².